The highest BCUT2D eigenvalue weighted by molar-refractivity contribution is 9.10. The van der Waals surface area contributed by atoms with Crippen LogP contribution in [0.2, 0.25) is 0 Å². The lowest BCUT2D eigenvalue weighted by Crippen LogP contribution is -2.27. The van der Waals surface area contributed by atoms with Gasteiger partial charge in [0.15, 0.2) is 0 Å². The molecule has 0 spiro atoms. The molecular weight excluding hydrogens is 282 g/mol. The number of rotatable bonds is 4. The fraction of sp³-hybridized carbons (Fsp3) is 0.462. The monoisotopic (exact) mass is 299 g/mol. The molecule has 0 heterocycles. The first-order valence-electron chi connectivity index (χ1n) is 5.44. The highest BCUT2D eigenvalue weighted by Crippen LogP contribution is 2.33. The SMILES string of the molecule is CN(C)c1cccc(Br)c1CC(C)(C)C(=O)O. The van der Waals surface area contributed by atoms with E-state index in [1.807, 2.05) is 37.2 Å². The van der Waals surface area contributed by atoms with Crippen LogP contribution in [0, 0.1) is 5.41 Å². The van der Waals surface area contributed by atoms with Crippen molar-refractivity contribution in [1.29, 1.82) is 0 Å². The molecule has 1 aromatic carbocycles. The number of halogens is 1. The standard InChI is InChI=1S/C13H18BrNO2/c1-13(2,12(16)17)8-9-10(14)6-5-7-11(9)15(3)4/h5-7H,8H2,1-4H3,(H,16,17). The fourth-order valence-corrected chi connectivity index (χ4v) is 2.15. The van der Waals surface area contributed by atoms with E-state index < -0.39 is 11.4 Å². The first-order chi connectivity index (χ1) is 7.75. The summed E-state index contributed by atoms with van der Waals surface area (Å²) in [6.45, 7) is 3.49. The van der Waals surface area contributed by atoms with Crippen molar-refractivity contribution in [2.45, 2.75) is 20.3 Å². The maximum absolute atomic E-state index is 11.2. The molecule has 0 unspecified atom stereocenters. The quantitative estimate of drug-likeness (QED) is 0.928. The molecule has 17 heavy (non-hydrogen) atoms. The van der Waals surface area contributed by atoms with E-state index in [9.17, 15) is 9.90 Å². The molecule has 0 atom stereocenters. The Balaban J connectivity index is 3.18. The van der Waals surface area contributed by atoms with E-state index in [1.165, 1.54) is 0 Å². The van der Waals surface area contributed by atoms with Crippen LogP contribution in [0.4, 0.5) is 5.69 Å². The molecule has 3 nitrogen and oxygen atoms in total. The second kappa shape index (κ2) is 5.08. The summed E-state index contributed by atoms with van der Waals surface area (Å²) in [5, 5.41) is 9.19. The van der Waals surface area contributed by atoms with Crippen LogP contribution < -0.4 is 4.90 Å². The van der Waals surface area contributed by atoms with E-state index in [1.54, 1.807) is 13.8 Å². The number of benzene rings is 1. The van der Waals surface area contributed by atoms with E-state index >= 15 is 0 Å². The zero-order chi connectivity index (χ0) is 13.2. The summed E-state index contributed by atoms with van der Waals surface area (Å²) in [5.41, 5.74) is 1.31. The van der Waals surface area contributed by atoms with Crippen molar-refractivity contribution < 1.29 is 9.90 Å². The fourth-order valence-electron chi connectivity index (χ4n) is 1.66. The second-order valence-electron chi connectivity index (χ2n) is 5.00. The van der Waals surface area contributed by atoms with Gasteiger partial charge in [-0.25, -0.2) is 0 Å². The molecule has 0 fully saturated rings. The minimum atomic E-state index is -0.780. The summed E-state index contributed by atoms with van der Waals surface area (Å²) >= 11 is 3.50. The molecule has 0 radical (unpaired) electrons. The van der Waals surface area contributed by atoms with Crippen molar-refractivity contribution >= 4 is 27.6 Å². The molecule has 0 amide bonds. The predicted octanol–water partition coefficient (Wildman–Crippen LogP) is 3.17. The number of nitrogens with zero attached hydrogens (tertiary/aromatic N) is 1. The lowest BCUT2D eigenvalue weighted by molar-refractivity contribution is -0.146. The molecule has 0 aliphatic rings. The Bertz CT molecular complexity index is 427. The van der Waals surface area contributed by atoms with Crippen molar-refractivity contribution in [3.05, 3.63) is 28.2 Å². The van der Waals surface area contributed by atoms with Crippen molar-refractivity contribution in [1.82, 2.24) is 0 Å². The average molecular weight is 300 g/mol. The van der Waals surface area contributed by atoms with E-state index in [0.29, 0.717) is 6.42 Å². The summed E-state index contributed by atoms with van der Waals surface area (Å²) in [6, 6.07) is 5.90. The molecule has 0 bridgehead atoms. The minimum absolute atomic E-state index is 0.497. The first-order valence-corrected chi connectivity index (χ1v) is 6.23. The van der Waals surface area contributed by atoms with Gasteiger partial charge in [-0.3, -0.25) is 4.79 Å². The summed E-state index contributed by atoms with van der Waals surface area (Å²) < 4.78 is 0.957. The van der Waals surface area contributed by atoms with Crippen LogP contribution in [-0.2, 0) is 11.2 Å². The van der Waals surface area contributed by atoms with Crippen LogP contribution >= 0.6 is 15.9 Å². The van der Waals surface area contributed by atoms with Gasteiger partial charge in [-0.2, -0.15) is 0 Å². The second-order valence-corrected chi connectivity index (χ2v) is 5.85. The summed E-state index contributed by atoms with van der Waals surface area (Å²) in [4.78, 5) is 13.2. The predicted molar refractivity (Wildman–Crippen MR) is 73.6 cm³/mol. The van der Waals surface area contributed by atoms with Gasteiger partial charge in [0.25, 0.3) is 0 Å². The van der Waals surface area contributed by atoms with Crippen LogP contribution in [-0.4, -0.2) is 25.2 Å². The van der Waals surface area contributed by atoms with E-state index in [-0.39, 0.29) is 0 Å². The van der Waals surface area contributed by atoms with Crippen LogP contribution in [0.5, 0.6) is 0 Å². The Morgan fingerprint density at radius 1 is 1.41 bits per heavy atom. The average Bonchev–Trinajstić information content (AvgIpc) is 2.20. The van der Waals surface area contributed by atoms with Gasteiger partial charge in [-0.15, -0.1) is 0 Å². The minimum Gasteiger partial charge on any atom is -0.481 e. The maximum atomic E-state index is 11.2. The number of hydrogen-bond donors (Lipinski definition) is 1. The topological polar surface area (TPSA) is 40.5 Å². The largest absolute Gasteiger partial charge is 0.481 e. The molecule has 1 rings (SSSR count). The Morgan fingerprint density at radius 3 is 2.47 bits per heavy atom. The Labute approximate surface area is 111 Å². The van der Waals surface area contributed by atoms with Gasteiger partial charge in [0.1, 0.15) is 0 Å². The molecule has 1 aromatic rings. The third-order valence-electron chi connectivity index (χ3n) is 2.77. The molecular formula is C13H18BrNO2. The van der Waals surface area contributed by atoms with Crippen LogP contribution in [0.1, 0.15) is 19.4 Å². The van der Waals surface area contributed by atoms with E-state index in [0.717, 1.165) is 15.7 Å². The third kappa shape index (κ3) is 3.22. The maximum Gasteiger partial charge on any atom is 0.309 e. The number of carboxylic acid groups (broad SMARTS) is 1. The molecule has 1 N–H and O–H groups in total. The van der Waals surface area contributed by atoms with Gasteiger partial charge in [-0.1, -0.05) is 22.0 Å². The highest BCUT2D eigenvalue weighted by atomic mass is 79.9. The molecule has 0 saturated heterocycles. The van der Waals surface area contributed by atoms with Gasteiger partial charge in [0, 0.05) is 24.3 Å². The Morgan fingerprint density at radius 2 is 2.00 bits per heavy atom. The number of hydrogen-bond acceptors (Lipinski definition) is 2. The number of carbonyl (C=O) groups is 1. The Hall–Kier alpha value is -1.03. The van der Waals surface area contributed by atoms with Gasteiger partial charge < -0.3 is 10.0 Å². The zero-order valence-corrected chi connectivity index (χ0v) is 12.2. The summed E-state index contributed by atoms with van der Waals surface area (Å²) in [6.07, 6.45) is 0.497. The van der Waals surface area contributed by atoms with Crippen LogP contribution in [0.25, 0.3) is 0 Å². The Kier molecular flexibility index (Phi) is 4.20. The highest BCUT2D eigenvalue weighted by Gasteiger charge is 2.29. The smallest absolute Gasteiger partial charge is 0.309 e. The lowest BCUT2D eigenvalue weighted by Gasteiger charge is -2.24. The van der Waals surface area contributed by atoms with Gasteiger partial charge in [0.05, 0.1) is 5.41 Å². The van der Waals surface area contributed by atoms with Crippen LogP contribution in [0.15, 0.2) is 22.7 Å². The van der Waals surface area contributed by atoms with Gasteiger partial charge >= 0.3 is 5.97 Å². The number of anilines is 1. The van der Waals surface area contributed by atoms with Crippen molar-refractivity contribution in [3.8, 4) is 0 Å². The molecule has 0 aromatic heterocycles. The van der Waals surface area contributed by atoms with Gasteiger partial charge in [-0.05, 0) is 38.0 Å². The zero-order valence-electron chi connectivity index (χ0n) is 10.6. The molecule has 0 saturated carbocycles. The molecule has 0 aliphatic carbocycles. The number of aliphatic carboxylic acids is 1. The van der Waals surface area contributed by atoms with Crippen molar-refractivity contribution in [2.24, 2.45) is 5.41 Å². The first kappa shape index (κ1) is 14.0. The van der Waals surface area contributed by atoms with E-state index in [2.05, 4.69) is 15.9 Å². The molecule has 0 aliphatic heterocycles. The normalized spacial score (nSPS) is 11.4. The van der Waals surface area contributed by atoms with Crippen molar-refractivity contribution in [2.75, 3.05) is 19.0 Å². The third-order valence-corrected chi connectivity index (χ3v) is 3.52. The van der Waals surface area contributed by atoms with Crippen LogP contribution in [0.3, 0.4) is 0 Å². The lowest BCUT2D eigenvalue weighted by atomic mass is 9.85. The van der Waals surface area contributed by atoms with E-state index in [4.69, 9.17) is 0 Å². The number of carboxylic acids is 1. The molecule has 4 heteroatoms. The molecule has 94 valence electrons. The summed E-state index contributed by atoms with van der Waals surface area (Å²) in [7, 11) is 3.91. The summed E-state index contributed by atoms with van der Waals surface area (Å²) in [5.74, 6) is -0.780. The van der Waals surface area contributed by atoms with Gasteiger partial charge in [0.2, 0.25) is 0 Å². The van der Waals surface area contributed by atoms with Crippen molar-refractivity contribution in [3.63, 3.8) is 0 Å².